The van der Waals surface area contributed by atoms with E-state index in [0.717, 1.165) is 8.97 Å². The maximum atomic E-state index is 2.30. The molecule has 0 amide bonds. The van der Waals surface area contributed by atoms with Crippen molar-refractivity contribution in [3.05, 3.63) is 0 Å². The van der Waals surface area contributed by atoms with Gasteiger partial charge in [-0.1, -0.05) is 0 Å². The molecule has 0 aliphatic rings. The molecule has 0 aliphatic carbocycles. The Morgan fingerprint density at radius 2 is 1.33 bits per heavy atom. The average molecular weight is 174 g/mol. The van der Waals surface area contributed by atoms with E-state index < -0.39 is 0 Å². The van der Waals surface area contributed by atoms with Gasteiger partial charge in [-0.15, -0.1) is 0 Å². The lowest BCUT2D eigenvalue weighted by Crippen LogP contribution is -2.43. The molecule has 0 heterocycles. The van der Waals surface area contributed by atoms with Gasteiger partial charge in [-0.25, -0.2) is 0 Å². The maximum absolute atomic E-state index is 2.30. The van der Waals surface area contributed by atoms with Crippen LogP contribution in [0.25, 0.3) is 0 Å². The molecule has 0 aromatic heterocycles. The van der Waals surface area contributed by atoms with Crippen LogP contribution in [0.3, 0.4) is 0 Å². The molecule has 2 nitrogen and oxygen atoms in total. The molecule has 0 rings (SSSR count). The van der Waals surface area contributed by atoms with Gasteiger partial charge in [-0.3, -0.25) is 0 Å². The lowest BCUT2D eigenvalue weighted by Gasteiger charge is -2.30. The molecule has 0 fully saturated rings. The van der Waals surface area contributed by atoms with Crippen LogP contribution in [0, 0.1) is 0 Å². The Morgan fingerprint density at radius 3 is 1.67 bits per heavy atom. The second kappa shape index (κ2) is 4.24. The minimum atomic E-state index is 1.09. The summed E-state index contributed by atoms with van der Waals surface area (Å²) in [5.41, 5.74) is 0. The van der Waals surface area contributed by atoms with Crippen molar-refractivity contribution in [2.45, 2.75) is 13.3 Å². The third-order valence-electron chi connectivity index (χ3n) is 2.45. The van der Waals surface area contributed by atoms with Crippen molar-refractivity contribution >= 4 is 0 Å². The van der Waals surface area contributed by atoms with E-state index in [0.29, 0.717) is 0 Å². The Hall–Kier alpha value is -0.0800. The van der Waals surface area contributed by atoms with Crippen molar-refractivity contribution in [1.29, 1.82) is 0 Å². The Balaban J connectivity index is 3.57. The van der Waals surface area contributed by atoms with Gasteiger partial charge in [0.15, 0.2) is 0 Å². The van der Waals surface area contributed by atoms with E-state index in [2.05, 4.69) is 42.2 Å². The zero-order valence-corrected chi connectivity index (χ0v) is 9.72. The molecule has 12 heavy (non-hydrogen) atoms. The largest absolute Gasteiger partial charge is 0.331 e. The van der Waals surface area contributed by atoms with Gasteiger partial charge in [0.2, 0.25) is 0 Å². The van der Waals surface area contributed by atoms with Gasteiger partial charge in [0.25, 0.3) is 0 Å². The molecule has 0 spiro atoms. The van der Waals surface area contributed by atoms with E-state index in [1.165, 1.54) is 26.1 Å². The van der Waals surface area contributed by atoms with E-state index in [1.807, 2.05) is 0 Å². The summed E-state index contributed by atoms with van der Waals surface area (Å²) in [7, 11) is 11.4. The van der Waals surface area contributed by atoms with Crippen LogP contribution in [0.15, 0.2) is 0 Å². The summed E-state index contributed by atoms with van der Waals surface area (Å²) in [6.07, 6.45) is 1.32. The van der Waals surface area contributed by atoms with Crippen LogP contribution in [0.2, 0.25) is 0 Å². The predicted octanol–water partition coefficient (Wildman–Crippen LogP) is 1.18. The molecule has 0 saturated heterocycles. The second-order valence-electron chi connectivity index (χ2n) is 5.34. The van der Waals surface area contributed by atoms with Gasteiger partial charge in [0.05, 0.1) is 54.9 Å². The first kappa shape index (κ1) is 11.9. The molecular weight excluding hydrogens is 148 g/mol. The van der Waals surface area contributed by atoms with Crippen LogP contribution in [0.4, 0.5) is 0 Å². The van der Waals surface area contributed by atoms with E-state index in [9.17, 15) is 0 Å². The van der Waals surface area contributed by atoms with E-state index in [1.54, 1.807) is 0 Å². The fourth-order valence-electron chi connectivity index (χ4n) is 1.13. The van der Waals surface area contributed by atoms with Crippen LogP contribution in [0.5, 0.6) is 0 Å². The minimum absolute atomic E-state index is 1.09. The molecule has 0 aliphatic heterocycles. The molecule has 0 aromatic rings. The SMILES string of the molecule is CC[N+](C)(C)CCC[N+](C)(C)C. The van der Waals surface area contributed by atoms with Gasteiger partial charge in [-0.05, 0) is 6.92 Å². The molecule has 0 aromatic carbocycles. The number of hydrogen-bond donors (Lipinski definition) is 0. The minimum Gasteiger partial charge on any atom is -0.331 e. The molecule has 74 valence electrons. The molecule has 0 N–H and O–H groups in total. The van der Waals surface area contributed by atoms with Crippen LogP contribution < -0.4 is 0 Å². The number of hydrogen-bond acceptors (Lipinski definition) is 0. The molecule has 0 bridgehead atoms. The normalized spacial score (nSPS) is 13.5. The lowest BCUT2D eigenvalue weighted by atomic mass is 10.3. The highest BCUT2D eigenvalue weighted by molar-refractivity contribution is 4.35. The zero-order valence-electron chi connectivity index (χ0n) is 9.72. The van der Waals surface area contributed by atoms with Gasteiger partial charge in [0, 0.05) is 6.42 Å². The van der Waals surface area contributed by atoms with Crippen molar-refractivity contribution in [2.24, 2.45) is 0 Å². The Labute approximate surface area is 78.0 Å². The molecule has 0 saturated carbocycles. The van der Waals surface area contributed by atoms with Crippen molar-refractivity contribution in [1.82, 2.24) is 0 Å². The highest BCUT2D eigenvalue weighted by atomic mass is 15.3. The summed E-state index contributed by atoms with van der Waals surface area (Å²) >= 11 is 0. The van der Waals surface area contributed by atoms with Crippen molar-refractivity contribution < 1.29 is 8.97 Å². The first-order valence-electron chi connectivity index (χ1n) is 4.89. The van der Waals surface area contributed by atoms with Gasteiger partial charge in [-0.2, -0.15) is 0 Å². The highest BCUT2D eigenvalue weighted by Crippen LogP contribution is 2.01. The van der Waals surface area contributed by atoms with Crippen LogP contribution in [-0.4, -0.2) is 63.8 Å². The summed E-state index contributed by atoms with van der Waals surface area (Å²) in [6, 6.07) is 0. The van der Waals surface area contributed by atoms with E-state index in [-0.39, 0.29) is 0 Å². The topological polar surface area (TPSA) is 0 Å². The molecule has 0 atom stereocenters. The Bertz CT molecular complexity index is 122. The highest BCUT2D eigenvalue weighted by Gasteiger charge is 2.14. The molecule has 2 heteroatoms. The third-order valence-corrected chi connectivity index (χ3v) is 2.45. The van der Waals surface area contributed by atoms with Gasteiger partial charge in [0.1, 0.15) is 0 Å². The zero-order chi connectivity index (χ0) is 9.83. The Kier molecular flexibility index (Phi) is 4.21. The monoisotopic (exact) mass is 174 g/mol. The maximum Gasteiger partial charge on any atom is 0.0836 e. The molecular formula is C10H26N2+2. The summed E-state index contributed by atoms with van der Waals surface area (Å²) in [6.45, 7) is 6.07. The van der Waals surface area contributed by atoms with Crippen LogP contribution in [0.1, 0.15) is 13.3 Å². The standard InChI is InChI=1S/C10H26N2/c1-7-12(5,6)10-8-9-11(2,3)4/h7-10H2,1-6H3/q+2. The van der Waals surface area contributed by atoms with E-state index in [4.69, 9.17) is 0 Å². The fraction of sp³-hybridized carbons (Fsp3) is 1.00. The first-order valence-corrected chi connectivity index (χ1v) is 4.89. The molecule has 0 radical (unpaired) electrons. The summed E-state index contributed by atoms with van der Waals surface area (Å²) in [4.78, 5) is 0. The first-order chi connectivity index (χ1) is 5.27. The third kappa shape index (κ3) is 6.62. The number of rotatable bonds is 5. The van der Waals surface area contributed by atoms with Crippen molar-refractivity contribution in [3.8, 4) is 0 Å². The molecule has 0 unspecified atom stereocenters. The predicted molar refractivity (Wildman–Crippen MR) is 55.0 cm³/mol. The quantitative estimate of drug-likeness (QED) is 0.549. The van der Waals surface area contributed by atoms with E-state index >= 15 is 0 Å². The van der Waals surface area contributed by atoms with Crippen LogP contribution in [-0.2, 0) is 0 Å². The van der Waals surface area contributed by atoms with Gasteiger partial charge >= 0.3 is 0 Å². The smallest absolute Gasteiger partial charge is 0.0836 e. The number of nitrogens with zero attached hydrogens (tertiary/aromatic N) is 2. The summed E-state index contributed by atoms with van der Waals surface area (Å²) in [5.74, 6) is 0. The number of quaternary nitrogens is 2. The second-order valence-corrected chi connectivity index (χ2v) is 5.34. The summed E-state index contributed by atoms with van der Waals surface area (Å²) in [5, 5.41) is 0. The van der Waals surface area contributed by atoms with Crippen LogP contribution >= 0.6 is 0 Å². The Morgan fingerprint density at radius 1 is 0.833 bits per heavy atom. The van der Waals surface area contributed by atoms with Crippen molar-refractivity contribution in [2.75, 3.05) is 54.9 Å². The van der Waals surface area contributed by atoms with Gasteiger partial charge < -0.3 is 8.97 Å². The van der Waals surface area contributed by atoms with Crippen molar-refractivity contribution in [3.63, 3.8) is 0 Å². The lowest BCUT2D eigenvalue weighted by molar-refractivity contribution is -0.900. The summed E-state index contributed by atoms with van der Waals surface area (Å²) < 4.78 is 2.24. The fourth-order valence-corrected chi connectivity index (χ4v) is 1.13. The average Bonchev–Trinajstić information content (AvgIpc) is 1.84.